The summed E-state index contributed by atoms with van der Waals surface area (Å²) in [5.74, 6) is -0.00136. The molecule has 2 N–H and O–H groups in total. The van der Waals surface area contributed by atoms with E-state index in [1.165, 1.54) is 44.3 Å². The molecule has 0 atom stereocenters. The first-order valence-electron chi connectivity index (χ1n) is 15.3. The molecule has 0 heterocycles. The first-order chi connectivity index (χ1) is 21.7. The van der Waals surface area contributed by atoms with Gasteiger partial charge in [-0.25, -0.2) is 0 Å². The van der Waals surface area contributed by atoms with Gasteiger partial charge in [-0.2, -0.15) is 0 Å². The molecule has 1 nitrogen and oxygen atoms in total. The average molecular weight is 566 g/mol. The van der Waals surface area contributed by atoms with Crippen molar-refractivity contribution >= 4 is 16.5 Å². The fourth-order valence-electron chi connectivity index (χ4n) is 6.69. The molecular formula is C43H35N. The van der Waals surface area contributed by atoms with Crippen LogP contribution in [0.2, 0.25) is 0 Å². The number of aryl methyl sites for hydroxylation is 1. The first kappa shape index (κ1) is 27.4. The maximum Gasteiger partial charge on any atom is 0.0442 e. The van der Waals surface area contributed by atoms with E-state index in [0.29, 0.717) is 0 Å². The Morgan fingerprint density at radius 2 is 0.864 bits per heavy atom. The monoisotopic (exact) mass is 565 g/mol. The summed E-state index contributed by atoms with van der Waals surface area (Å²) < 4.78 is 0. The Hall–Kier alpha value is -5.40. The van der Waals surface area contributed by atoms with E-state index < -0.39 is 0 Å². The minimum absolute atomic E-state index is 0.0275. The van der Waals surface area contributed by atoms with Gasteiger partial charge in [0.1, 0.15) is 0 Å². The van der Waals surface area contributed by atoms with Crippen molar-refractivity contribution in [3.63, 3.8) is 0 Å². The second-order valence-electron chi connectivity index (χ2n) is 11.6. The van der Waals surface area contributed by atoms with Crippen LogP contribution in [-0.2, 0) is 0 Å². The fourth-order valence-corrected chi connectivity index (χ4v) is 6.69. The van der Waals surface area contributed by atoms with E-state index >= 15 is 0 Å². The van der Waals surface area contributed by atoms with Crippen LogP contribution < -0.4 is 5.73 Å². The number of hydrogen-bond acceptors (Lipinski definition) is 1. The molecular weight excluding hydrogens is 530 g/mol. The minimum atomic E-state index is -0.0289. The first-order valence-corrected chi connectivity index (χ1v) is 15.3. The van der Waals surface area contributed by atoms with E-state index in [0.717, 1.165) is 22.2 Å². The van der Waals surface area contributed by atoms with Crippen molar-refractivity contribution in [1.82, 2.24) is 0 Å². The van der Waals surface area contributed by atoms with Gasteiger partial charge in [0.05, 0.1) is 0 Å². The van der Waals surface area contributed by atoms with E-state index in [-0.39, 0.29) is 11.8 Å². The average Bonchev–Trinajstić information content (AvgIpc) is 3.09. The van der Waals surface area contributed by atoms with Gasteiger partial charge in [0.15, 0.2) is 0 Å². The third-order valence-electron chi connectivity index (χ3n) is 8.78. The van der Waals surface area contributed by atoms with Gasteiger partial charge in [-0.05, 0) is 56.8 Å². The Balaban J connectivity index is 1.61. The molecule has 0 aromatic heterocycles. The minimum Gasteiger partial charge on any atom is -0.398 e. The van der Waals surface area contributed by atoms with Gasteiger partial charge < -0.3 is 5.73 Å². The Bertz CT molecular complexity index is 1920. The molecule has 0 bridgehead atoms. The maximum absolute atomic E-state index is 7.41. The number of nitrogens with two attached hydrogens (primary N) is 1. The molecule has 7 aromatic carbocycles. The summed E-state index contributed by atoms with van der Waals surface area (Å²) in [6, 6.07) is 61.1. The van der Waals surface area contributed by atoms with Crippen molar-refractivity contribution in [2.75, 3.05) is 5.73 Å². The smallest absolute Gasteiger partial charge is 0.0442 e. The number of benzene rings is 7. The Morgan fingerprint density at radius 1 is 0.432 bits per heavy atom. The summed E-state index contributed by atoms with van der Waals surface area (Å²) in [5, 5.41) is 2.29. The lowest BCUT2D eigenvalue weighted by Crippen LogP contribution is -2.11. The van der Waals surface area contributed by atoms with Crippen molar-refractivity contribution in [3.8, 4) is 11.1 Å². The molecule has 44 heavy (non-hydrogen) atoms. The van der Waals surface area contributed by atoms with Crippen LogP contribution in [0, 0.1) is 6.92 Å². The summed E-state index contributed by atoms with van der Waals surface area (Å²) >= 11 is 0. The van der Waals surface area contributed by atoms with Crippen molar-refractivity contribution in [1.29, 1.82) is 0 Å². The van der Waals surface area contributed by atoms with Gasteiger partial charge in [-0.3, -0.25) is 0 Å². The third kappa shape index (κ3) is 5.18. The Morgan fingerprint density at radius 3 is 1.32 bits per heavy atom. The molecule has 0 aliphatic carbocycles. The molecule has 0 fully saturated rings. The zero-order valence-corrected chi connectivity index (χ0v) is 24.9. The molecule has 1 heteroatoms. The number of nitrogen functional groups attached to an aromatic ring is 1. The topological polar surface area (TPSA) is 26.0 Å². The lowest BCUT2D eigenvalue weighted by Gasteiger charge is -2.27. The lowest BCUT2D eigenvalue weighted by atomic mass is 9.76. The lowest BCUT2D eigenvalue weighted by molar-refractivity contribution is 0.952. The fraction of sp³-hybridized carbons (Fsp3) is 0.0698. The van der Waals surface area contributed by atoms with Crippen molar-refractivity contribution < 1.29 is 0 Å². The van der Waals surface area contributed by atoms with Crippen LogP contribution in [-0.4, -0.2) is 0 Å². The molecule has 0 aliphatic heterocycles. The Kier molecular flexibility index (Phi) is 7.53. The maximum atomic E-state index is 7.41. The van der Waals surface area contributed by atoms with Crippen LogP contribution >= 0.6 is 0 Å². The van der Waals surface area contributed by atoms with Gasteiger partial charge in [0, 0.05) is 22.9 Å². The van der Waals surface area contributed by atoms with E-state index in [1.807, 2.05) is 0 Å². The predicted octanol–water partition coefficient (Wildman–Crippen LogP) is 10.8. The van der Waals surface area contributed by atoms with E-state index in [9.17, 15) is 0 Å². The molecule has 0 spiro atoms. The molecule has 7 rings (SSSR count). The number of anilines is 1. The van der Waals surface area contributed by atoms with Crippen LogP contribution in [0.5, 0.6) is 0 Å². The summed E-state index contributed by atoms with van der Waals surface area (Å²) in [6.07, 6.45) is 0. The number of fused-ring (bicyclic) bond motifs is 1. The quantitative estimate of drug-likeness (QED) is 0.151. The molecule has 0 unspecified atom stereocenters. The second-order valence-corrected chi connectivity index (χ2v) is 11.6. The highest BCUT2D eigenvalue weighted by Gasteiger charge is 2.27. The highest BCUT2D eigenvalue weighted by molar-refractivity contribution is 6.07. The highest BCUT2D eigenvalue weighted by atomic mass is 14.6. The summed E-state index contributed by atoms with van der Waals surface area (Å²) in [5.41, 5.74) is 19.1. The normalized spacial score (nSPS) is 11.3. The van der Waals surface area contributed by atoms with E-state index in [2.05, 4.69) is 177 Å². The predicted molar refractivity (Wildman–Crippen MR) is 186 cm³/mol. The largest absolute Gasteiger partial charge is 0.398 e. The number of rotatable bonds is 7. The highest BCUT2D eigenvalue weighted by Crippen LogP contribution is 2.46. The van der Waals surface area contributed by atoms with Crippen LogP contribution in [0.15, 0.2) is 170 Å². The van der Waals surface area contributed by atoms with Gasteiger partial charge in [0.2, 0.25) is 0 Å². The van der Waals surface area contributed by atoms with Gasteiger partial charge in [0.25, 0.3) is 0 Å². The molecule has 0 amide bonds. The molecule has 212 valence electrons. The van der Waals surface area contributed by atoms with Crippen molar-refractivity contribution in [2.24, 2.45) is 0 Å². The molecule has 0 saturated carbocycles. The third-order valence-corrected chi connectivity index (χ3v) is 8.78. The molecule has 0 aliphatic rings. The van der Waals surface area contributed by atoms with Gasteiger partial charge in [-0.1, -0.05) is 175 Å². The second kappa shape index (κ2) is 12.1. The van der Waals surface area contributed by atoms with Crippen LogP contribution in [0.1, 0.15) is 50.8 Å². The van der Waals surface area contributed by atoms with Crippen LogP contribution in [0.25, 0.3) is 21.9 Å². The Labute approximate surface area is 260 Å². The standard InChI is InChI=1S/C43H35N/c1-30-25-27-31(28-26-30)36-23-14-24-37-38(40(32-15-6-2-7-16-32)33-17-8-3-9-18-33)29-39(43(44)42(36)37)41(34-19-10-4-11-20-34)35-21-12-5-13-22-35/h2-29,40-41H,44H2,1H3. The van der Waals surface area contributed by atoms with Crippen LogP contribution in [0.4, 0.5) is 5.69 Å². The summed E-state index contributed by atoms with van der Waals surface area (Å²) in [6.45, 7) is 2.13. The van der Waals surface area contributed by atoms with Gasteiger partial charge >= 0.3 is 0 Å². The summed E-state index contributed by atoms with van der Waals surface area (Å²) in [7, 11) is 0. The van der Waals surface area contributed by atoms with Crippen LogP contribution in [0.3, 0.4) is 0 Å². The molecule has 0 radical (unpaired) electrons. The van der Waals surface area contributed by atoms with E-state index in [1.54, 1.807) is 0 Å². The SMILES string of the molecule is Cc1ccc(-c2cccc3c(C(c4ccccc4)c4ccccc4)cc(C(c4ccccc4)c4ccccc4)c(N)c23)cc1. The zero-order valence-electron chi connectivity index (χ0n) is 24.9. The van der Waals surface area contributed by atoms with Crippen molar-refractivity contribution in [2.45, 2.75) is 18.8 Å². The number of hydrogen-bond donors (Lipinski definition) is 1. The zero-order chi connectivity index (χ0) is 29.9. The van der Waals surface area contributed by atoms with Crippen molar-refractivity contribution in [3.05, 3.63) is 209 Å². The molecule has 0 saturated heterocycles. The summed E-state index contributed by atoms with van der Waals surface area (Å²) in [4.78, 5) is 0. The van der Waals surface area contributed by atoms with E-state index in [4.69, 9.17) is 5.73 Å². The molecule has 7 aromatic rings. The van der Waals surface area contributed by atoms with Gasteiger partial charge in [-0.15, -0.1) is 0 Å².